The number of hydrogen-bond acceptors (Lipinski definition) is 4. The van der Waals surface area contributed by atoms with Crippen molar-refractivity contribution in [3.8, 4) is 5.69 Å². The van der Waals surface area contributed by atoms with Gasteiger partial charge in [-0.2, -0.15) is 0 Å². The van der Waals surface area contributed by atoms with Gasteiger partial charge in [-0.25, -0.2) is 4.79 Å². The van der Waals surface area contributed by atoms with Gasteiger partial charge in [0, 0.05) is 31.5 Å². The summed E-state index contributed by atoms with van der Waals surface area (Å²) >= 11 is 0. The van der Waals surface area contributed by atoms with Crippen LogP contribution >= 0.6 is 0 Å². The molecule has 0 bridgehead atoms. The molecule has 0 saturated carbocycles. The summed E-state index contributed by atoms with van der Waals surface area (Å²) in [4.78, 5) is 26.1. The van der Waals surface area contributed by atoms with Gasteiger partial charge in [-0.1, -0.05) is 42.5 Å². The predicted molar refractivity (Wildman–Crippen MR) is 102 cm³/mol. The number of rotatable bonds is 5. The van der Waals surface area contributed by atoms with Crippen molar-refractivity contribution in [1.29, 1.82) is 0 Å². The Morgan fingerprint density at radius 1 is 1.04 bits per heavy atom. The zero-order valence-corrected chi connectivity index (χ0v) is 15.2. The molecule has 0 fully saturated rings. The summed E-state index contributed by atoms with van der Waals surface area (Å²) < 4.78 is 1.84. The van der Waals surface area contributed by atoms with E-state index in [2.05, 4.69) is 10.2 Å². The summed E-state index contributed by atoms with van der Waals surface area (Å²) in [7, 11) is 0. The fraction of sp³-hybridized carbons (Fsp3) is 0.238. The average molecular weight is 376 g/mol. The molecule has 7 nitrogen and oxygen atoms in total. The first-order valence-electron chi connectivity index (χ1n) is 9.17. The van der Waals surface area contributed by atoms with E-state index in [4.69, 9.17) is 0 Å². The van der Waals surface area contributed by atoms with Gasteiger partial charge in [-0.3, -0.25) is 9.36 Å². The minimum absolute atomic E-state index is 0.178. The highest BCUT2D eigenvalue weighted by Crippen LogP contribution is 2.24. The largest absolute Gasteiger partial charge is 0.480 e. The topological polar surface area (TPSA) is 88.3 Å². The Morgan fingerprint density at radius 3 is 2.50 bits per heavy atom. The molecule has 4 rings (SSSR count). The van der Waals surface area contributed by atoms with Crippen molar-refractivity contribution < 1.29 is 14.7 Å². The van der Waals surface area contributed by atoms with E-state index >= 15 is 0 Å². The van der Waals surface area contributed by atoms with Crippen LogP contribution in [0.25, 0.3) is 5.69 Å². The van der Waals surface area contributed by atoms with E-state index < -0.39 is 12.0 Å². The van der Waals surface area contributed by atoms with Crippen molar-refractivity contribution in [1.82, 2.24) is 19.7 Å². The zero-order valence-electron chi connectivity index (χ0n) is 15.2. The Hall–Kier alpha value is -3.48. The SMILES string of the molecule is O=C(O)C1Cc2ccccc2CN1C(=O)CCc1nncn1-c1ccccc1. The number of aromatic nitrogens is 3. The number of hydrogen-bond donors (Lipinski definition) is 1. The molecule has 0 aliphatic carbocycles. The molecule has 1 aliphatic rings. The highest BCUT2D eigenvalue weighted by molar-refractivity contribution is 5.84. The van der Waals surface area contributed by atoms with Crippen LogP contribution in [0.2, 0.25) is 0 Å². The van der Waals surface area contributed by atoms with E-state index in [1.165, 1.54) is 4.90 Å². The van der Waals surface area contributed by atoms with Gasteiger partial charge in [0.15, 0.2) is 0 Å². The Kier molecular flexibility index (Phi) is 4.89. The van der Waals surface area contributed by atoms with E-state index in [0.29, 0.717) is 25.2 Å². The molecule has 1 aromatic heterocycles. The van der Waals surface area contributed by atoms with Crippen LogP contribution in [0.15, 0.2) is 60.9 Å². The van der Waals surface area contributed by atoms with Crippen LogP contribution in [-0.4, -0.2) is 42.7 Å². The third-order valence-electron chi connectivity index (χ3n) is 5.07. The lowest BCUT2D eigenvalue weighted by Gasteiger charge is -2.34. The summed E-state index contributed by atoms with van der Waals surface area (Å²) in [5, 5.41) is 17.7. The number of aryl methyl sites for hydroxylation is 1. The Morgan fingerprint density at radius 2 is 1.75 bits per heavy atom. The van der Waals surface area contributed by atoms with E-state index in [1.807, 2.05) is 59.2 Å². The van der Waals surface area contributed by atoms with Crippen molar-refractivity contribution in [2.24, 2.45) is 0 Å². The summed E-state index contributed by atoms with van der Waals surface area (Å²) in [6, 6.07) is 16.5. The number of fused-ring (bicyclic) bond motifs is 1. The molecule has 1 N–H and O–H groups in total. The van der Waals surface area contributed by atoms with Crippen LogP contribution in [0.3, 0.4) is 0 Å². The lowest BCUT2D eigenvalue weighted by Crippen LogP contribution is -2.48. The molecule has 1 aliphatic heterocycles. The number of carboxylic acid groups (broad SMARTS) is 1. The van der Waals surface area contributed by atoms with Crippen molar-refractivity contribution in [3.63, 3.8) is 0 Å². The van der Waals surface area contributed by atoms with Gasteiger partial charge in [0.2, 0.25) is 5.91 Å². The van der Waals surface area contributed by atoms with Gasteiger partial charge < -0.3 is 10.0 Å². The molecule has 3 aromatic rings. The average Bonchev–Trinajstić information content (AvgIpc) is 3.20. The number of nitrogens with zero attached hydrogens (tertiary/aromatic N) is 4. The van der Waals surface area contributed by atoms with Crippen molar-refractivity contribution in [2.45, 2.75) is 31.8 Å². The van der Waals surface area contributed by atoms with Crippen LogP contribution < -0.4 is 0 Å². The maximum atomic E-state index is 12.9. The molecule has 1 atom stereocenters. The van der Waals surface area contributed by atoms with Crippen molar-refractivity contribution in [3.05, 3.63) is 77.9 Å². The van der Waals surface area contributed by atoms with Gasteiger partial charge in [0.1, 0.15) is 18.2 Å². The quantitative estimate of drug-likeness (QED) is 0.738. The molecule has 0 saturated heterocycles. The standard InChI is InChI=1S/C21H20N4O3/c26-20(11-10-19-23-22-14-25(19)17-8-2-1-3-9-17)24-13-16-7-5-4-6-15(16)12-18(24)21(27)28/h1-9,14,18H,10-13H2,(H,27,28). The third kappa shape index (κ3) is 3.51. The van der Waals surface area contributed by atoms with Gasteiger partial charge in [0.25, 0.3) is 0 Å². The zero-order chi connectivity index (χ0) is 19.5. The number of benzene rings is 2. The smallest absolute Gasteiger partial charge is 0.326 e. The summed E-state index contributed by atoms with van der Waals surface area (Å²) in [6.07, 6.45) is 2.51. The first kappa shape index (κ1) is 17.9. The van der Waals surface area contributed by atoms with E-state index in [0.717, 1.165) is 16.8 Å². The van der Waals surface area contributed by atoms with Crippen LogP contribution in [0.1, 0.15) is 23.4 Å². The molecule has 28 heavy (non-hydrogen) atoms. The van der Waals surface area contributed by atoms with Crippen molar-refractivity contribution >= 4 is 11.9 Å². The summed E-state index contributed by atoms with van der Waals surface area (Å²) in [5.74, 6) is -0.497. The first-order chi connectivity index (χ1) is 13.6. The molecule has 0 spiro atoms. The molecule has 1 unspecified atom stereocenters. The molecule has 2 aromatic carbocycles. The molecular weight excluding hydrogens is 356 g/mol. The maximum Gasteiger partial charge on any atom is 0.326 e. The van der Waals surface area contributed by atoms with E-state index in [1.54, 1.807) is 6.33 Å². The van der Waals surface area contributed by atoms with Gasteiger partial charge >= 0.3 is 5.97 Å². The lowest BCUT2D eigenvalue weighted by molar-refractivity contribution is -0.151. The fourth-order valence-electron chi connectivity index (χ4n) is 3.60. The van der Waals surface area contributed by atoms with Crippen LogP contribution in [0.4, 0.5) is 0 Å². The lowest BCUT2D eigenvalue weighted by atomic mass is 9.93. The predicted octanol–water partition coefficient (Wildman–Crippen LogP) is 2.24. The second kappa shape index (κ2) is 7.64. The van der Waals surface area contributed by atoms with Crippen LogP contribution in [0, 0.1) is 0 Å². The van der Waals surface area contributed by atoms with E-state index in [-0.39, 0.29) is 12.3 Å². The molecular formula is C21H20N4O3. The van der Waals surface area contributed by atoms with Gasteiger partial charge in [0.05, 0.1) is 0 Å². The summed E-state index contributed by atoms with van der Waals surface area (Å²) in [6.45, 7) is 0.317. The third-order valence-corrected chi connectivity index (χ3v) is 5.07. The molecule has 0 radical (unpaired) electrons. The Bertz CT molecular complexity index is 1000. The number of aliphatic carboxylic acids is 1. The van der Waals surface area contributed by atoms with Crippen LogP contribution in [0.5, 0.6) is 0 Å². The fourth-order valence-corrected chi connectivity index (χ4v) is 3.60. The highest BCUT2D eigenvalue weighted by Gasteiger charge is 2.34. The second-order valence-corrected chi connectivity index (χ2v) is 6.80. The van der Waals surface area contributed by atoms with Crippen LogP contribution in [-0.2, 0) is 29.0 Å². The molecule has 1 amide bonds. The van der Waals surface area contributed by atoms with Crippen molar-refractivity contribution in [2.75, 3.05) is 0 Å². The Labute approximate surface area is 162 Å². The Balaban J connectivity index is 1.50. The molecule has 7 heteroatoms. The second-order valence-electron chi connectivity index (χ2n) is 6.80. The monoisotopic (exact) mass is 376 g/mol. The number of amides is 1. The van der Waals surface area contributed by atoms with E-state index in [9.17, 15) is 14.7 Å². The number of para-hydroxylation sites is 1. The highest BCUT2D eigenvalue weighted by atomic mass is 16.4. The number of carbonyl (C=O) groups is 2. The minimum atomic E-state index is -0.977. The number of carbonyl (C=O) groups excluding carboxylic acids is 1. The van der Waals surface area contributed by atoms with Gasteiger partial charge in [-0.15, -0.1) is 10.2 Å². The number of carboxylic acids is 1. The summed E-state index contributed by atoms with van der Waals surface area (Å²) in [5.41, 5.74) is 2.91. The normalized spacial score (nSPS) is 15.9. The minimum Gasteiger partial charge on any atom is -0.480 e. The molecule has 2 heterocycles. The maximum absolute atomic E-state index is 12.9. The molecule has 142 valence electrons. The first-order valence-corrected chi connectivity index (χ1v) is 9.17. The van der Waals surface area contributed by atoms with Gasteiger partial charge in [-0.05, 0) is 23.3 Å².